The Bertz CT molecular complexity index is 1040. The molecular weight excluding hydrogens is 396 g/mol. The summed E-state index contributed by atoms with van der Waals surface area (Å²) < 4.78 is 5.29. The van der Waals surface area contributed by atoms with E-state index < -0.39 is 0 Å². The van der Waals surface area contributed by atoms with E-state index in [1.165, 1.54) is 5.01 Å². The molecule has 2 aliphatic rings. The van der Waals surface area contributed by atoms with Crippen LogP contribution in [0.15, 0.2) is 53.6 Å². The van der Waals surface area contributed by atoms with Crippen LogP contribution in [0.5, 0.6) is 0 Å². The van der Waals surface area contributed by atoms with Crippen LogP contribution in [0.2, 0.25) is 0 Å². The number of nitrogens with one attached hydrogen (secondary N) is 1. The van der Waals surface area contributed by atoms with Crippen molar-refractivity contribution in [2.75, 3.05) is 36.6 Å². The molecule has 8 heteroatoms. The lowest BCUT2D eigenvalue weighted by molar-refractivity contribution is -0.118. The van der Waals surface area contributed by atoms with Crippen molar-refractivity contribution in [2.45, 2.75) is 19.8 Å². The van der Waals surface area contributed by atoms with Gasteiger partial charge in [0.1, 0.15) is 5.71 Å². The maximum atomic E-state index is 12.8. The van der Waals surface area contributed by atoms with Gasteiger partial charge in [0.05, 0.1) is 18.9 Å². The quantitative estimate of drug-likeness (QED) is 0.823. The molecule has 1 N–H and O–H groups in total. The average molecular weight is 420 g/mol. The van der Waals surface area contributed by atoms with Crippen molar-refractivity contribution in [2.24, 2.45) is 5.10 Å². The second-order valence-electron chi connectivity index (χ2n) is 7.53. The van der Waals surface area contributed by atoms with Gasteiger partial charge in [-0.05, 0) is 42.8 Å². The zero-order chi connectivity index (χ0) is 21.8. The fourth-order valence-electron chi connectivity index (χ4n) is 3.56. The molecule has 0 aromatic heterocycles. The summed E-state index contributed by atoms with van der Waals surface area (Å²) in [7, 11) is 0. The first-order chi connectivity index (χ1) is 15.0. The molecule has 1 saturated heterocycles. The summed E-state index contributed by atoms with van der Waals surface area (Å²) >= 11 is 0. The maximum Gasteiger partial charge on any atom is 0.271 e. The van der Waals surface area contributed by atoms with Crippen LogP contribution in [0.25, 0.3) is 0 Å². The van der Waals surface area contributed by atoms with Gasteiger partial charge in [-0.3, -0.25) is 14.4 Å². The molecule has 0 spiro atoms. The minimum Gasteiger partial charge on any atom is -0.378 e. The van der Waals surface area contributed by atoms with Gasteiger partial charge in [-0.1, -0.05) is 18.2 Å². The van der Waals surface area contributed by atoms with Crippen LogP contribution in [-0.2, 0) is 14.3 Å². The highest BCUT2D eigenvalue weighted by molar-refractivity contribution is 6.44. The number of carbonyl (C=O) groups is 3. The summed E-state index contributed by atoms with van der Waals surface area (Å²) in [5, 5.41) is 8.39. The molecule has 0 atom stereocenters. The predicted octanol–water partition coefficient (Wildman–Crippen LogP) is 2.59. The third-order valence-corrected chi connectivity index (χ3v) is 5.21. The molecule has 0 bridgehead atoms. The van der Waals surface area contributed by atoms with E-state index in [4.69, 9.17) is 4.74 Å². The minimum atomic E-state index is -0.388. The highest BCUT2D eigenvalue weighted by Crippen LogP contribution is 2.22. The Morgan fingerprint density at radius 3 is 2.58 bits per heavy atom. The number of benzene rings is 2. The summed E-state index contributed by atoms with van der Waals surface area (Å²) in [5.41, 5.74) is 2.91. The highest BCUT2D eigenvalue weighted by Gasteiger charge is 2.26. The van der Waals surface area contributed by atoms with Crippen molar-refractivity contribution in [1.29, 1.82) is 0 Å². The Morgan fingerprint density at radius 2 is 1.81 bits per heavy atom. The number of amides is 3. The number of hydrogen-bond donors (Lipinski definition) is 1. The number of hydrogen-bond acceptors (Lipinski definition) is 5. The average Bonchev–Trinajstić information content (AvgIpc) is 2.79. The van der Waals surface area contributed by atoms with Gasteiger partial charge in [0.2, 0.25) is 5.91 Å². The first kappa shape index (κ1) is 20.7. The molecule has 160 valence electrons. The van der Waals surface area contributed by atoms with Gasteiger partial charge in [0.15, 0.2) is 0 Å². The maximum absolute atomic E-state index is 12.8. The Labute approximate surface area is 180 Å². The number of aryl methyl sites for hydroxylation is 1. The normalized spacial score (nSPS) is 16.7. The predicted molar refractivity (Wildman–Crippen MR) is 117 cm³/mol. The van der Waals surface area contributed by atoms with E-state index in [1.54, 1.807) is 35.2 Å². The van der Waals surface area contributed by atoms with Crippen LogP contribution in [0.4, 0.5) is 11.4 Å². The monoisotopic (exact) mass is 420 g/mol. The van der Waals surface area contributed by atoms with Crippen molar-refractivity contribution in [3.8, 4) is 0 Å². The highest BCUT2D eigenvalue weighted by atomic mass is 16.5. The lowest BCUT2D eigenvalue weighted by Crippen LogP contribution is -2.40. The molecule has 2 heterocycles. The molecule has 0 unspecified atom stereocenters. The second-order valence-corrected chi connectivity index (χ2v) is 7.53. The summed E-state index contributed by atoms with van der Waals surface area (Å²) in [6, 6.07) is 14.2. The van der Waals surface area contributed by atoms with E-state index >= 15 is 0 Å². The number of ether oxygens (including phenoxy) is 1. The lowest BCUT2D eigenvalue weighted by atomic mass is 10.1. The summed E-state index contributed by atoms with van der Waals surface area (Å²) in [5.74, 6) is -0.632. The van der Waals surface area contributed by atoms with Gasteiger partial charge in [0.25, 0.3) is 11.8 Å². The minimum absolute atomic E-state index is 0.0920. The molecule has 0 aliphatic carbocycles. The van der Waals surface area contributed by atoms with E-state index in [0.29, 0.717) is 43.2 Å². The Kier molecular flexibility index (Phi) is 6.08. The van der Waals surface area contributed by atoms with Crippen LogP contribution >= 0.6 is 0 Å². The standard InChI is InChI=1S/C23H24N4O4/c1-16-4-2-7-19(14-16)27-21(28)9-8-20(25-27)22(29)24-18-6-3-5-17(15-18)23(30)26-10-12-31-13-11-26/h2-7,14-15H,8-13H2,1H3,(H,24,29). The molecule has 8 nitrogen and oxygen atoms in total. The molecule has 1 fully saturated rings. The van der Waals surface area contributed by atoms with Crippen molar-refractivity contribution >= 4 is 34.8 Å². The van der Waals surface area contributed by atoms with Gasteiger partial charge in [-0.25, -0.2) is 5.01 Å². The molecule has 2 aromatic carbocycles. The van der Waals surface area contributed by atoms with Crippen molar-refractivity contribution in [3.05, 3.63) is 59.7 Å². The van der Waals surface area contributed by atoms with E-state index in [2.05, 4.69) is 10.4 Å². The third kappa shape index (κ3) is 4.80. The van der Waals surface area contributed by atoms with Crippen molar-refractivity contribution in [3.63, 3.8) is 0 Å². The molecule has 3 amide bonds. The zero-order valence-electron chi connectivity index (χ0n) is 17.3. The van der Waals surface area contributed by atoms with E-state index in [1.807, 2.05) is 25.1 Å². The molecule has 2 aromatic rings. The molecule has 31 heavy (non-hydrogen) atoms. The van der Waals surface area contributed by atoms with Crippen LogP contribution in [-0.4, -0.2) is 54.6 Å². The van der Waals surface area contributed by atoms with Crippen LogP contribution in [0.3, 0.4) is 0 Å². The molecule has 4 rings (SSSR count). The van der Waals surface area contributed by atoms with Gasteiger partial charge < -0.3 is 15.0 Å². The lowest BCUT2D eigenvalue weighted by Gasteiger charge is -2.27. The number of hydrazone groups is 1. The summed E-state index contributed by atoms with van der Waals surface area (Å²) in [4.78, 5) is 39.6. The fraction of sp³-hybridized carbons (Fsp3) is 0.304. The van der Waals surface area contributed by atoms with E-state index in [-0.39, 0.29) is 36.3 Å². The Morgan fingerprint density at radius 1 is 1.03 bits per heavy atom. The smallest absolute Gasteiger partial charge is 0.271 e. The third-order valence-electron chi connectivity index (χ3n) is 5.21. The Balaban J connectivity index is 1.49. The van der Waals surface area contributed by atoms with E-state index in [0.717, 1.165) is 5.56 Å². The Hall–Kier alpha value is -3.52. The van der Waals surface area contributed by atoms with Gasteiger partial charge >= 0.3 is 0 Å². The molecule has 0 radical (unpaired) electrons. The molecule has 2 aliphatic heterocycles. The topological polar surface area (TPSA) is 91.3 Å². The van der Waals surface area contributed by atoms with E-state index in [9.17, 15) is 14.4 Å². The largest absolute Gasteiger partial charge is 0.378 e. The van der Waals surface area contributed by atoms with Gasteiger partial charge in [-0.2, -0.15) is 5.10 Å². The summed E-state index contributed by atoms with van der Waals surface area (Å²) in [6.07, 6.45) is 0.467. The van der Waals surface area contributed by atoms with Crippen LogP contribution in [0.1, 0.15) is 28.8 Å². The van der Waals surface area contributed by atoms with Crippen LogP contribution in [0, 0.1) is 6.92 Å². The zero-order valence-corrected chi connectivity index (χ0v) is 17.3. The van der Waals surface area contributed by atoms with Crippen LogP contribution < -0.4 is 10.3 Å². The number of nitrogens with zero attached hydrogens (tertiary/aromatic N) is 3. The number of morpholine rings is 1. The van der Waals surface area contributed by atoms with Crippen molar-refractivity contribution < 1.29 is 19.1 Å². The number of rotatable bonds is 4. The molecular formula is C23H24N4O4. The first-order valence-electron chi connectivity index (χ1n) is 10.3. The second kappa shape index (κ2) is 9.09. The fourth-order valence-corrected chi connectivity index (χ4v) is 3.56. The first-order valence-corrected chi connectivity index (χ1v) is 10.3. The van der Waals surface area contributed by atoms with Gasteiger partial charge in [0, 0.05) is 37.2 Å². The number of anilines is 2. The van der Waals surface area contributed by atoms with Crippen molar-refractivity contribution in [1.82, 2.24) is 4.90 Å². The number of carbonyl (C=O) groups excluding carboxylic acids is 3. The SMILES string of the molecule is Cc1cccc(N2N=C(C(=O)Nc3cccc(C(=O)N4CCOCC4)c3)CCC2=O)c1. The molecule has 0 saturated carbocycles. The summed E-state index contributed by atoms with van der Waals surface area (Å²) in [6.45, 7) is 4.08. The van der Waals surface area contributed by atoms with Gasteiger partial charge in [-0.15, -0.1) is 0 Å².